The third-order valence-electron chi connectivity index (χ3n) is 2.96. The van der Waals surface area contributed by atoms with E-state index in [0.717, 1.165) is 5.06 Å². The van der Waals surface area contributed by atoms with Crippen LogP contribution in [0.4, 0.5) is 4.79 Å². The number of hydrogen-bond acceptors (Lipinski definition) is 5. The van der Waals surface area contributed by atoms with Gasteiger partial charge in [-0.3, -0.25) is 9.63 Å². The molecule has 1 N–H and O–H groups in total. The first-order chi connectivity index (χ1) is 10.0. The smallest absolute Gasteiger partial charge is 0.436 e. The summed E-state index contributed by atoms with van der Waals surface area (Å²) in [6.45, 7) is 0. The maximum absolute atomic E-state index is 11.3. The SMILES string of the molecule is COC(=O)CC1C=C(c2ccc(OC)cc2)N(C(=O)O)O1. The molecular formula is C14H15NO6. The zero-order valence-corrected chi connectivity index (χ0v) is 11.6. The average Bonchev–Trinajstić information content (AvgIpc) is 2.91. The van der Waals surface area contributed by atoms with Gasteiger partial charge in [-0.1, -0.05) is 0 Å². The number of benzene rings is 1. The number of carbonyl (C=O) groups is 2. The van der Waals surface area contributed by atoms with Crippen molar-refractivity contribution in [3.8, 4) is 5.75 Å². The lowest BCUT2D eigenvalue weighted by Crippen LogP contribution is -2.27. The van der Waals surface area contributed by atoms with Crippen LogP contribution in [0.2, 0.25) is 0 Å². The number of esters is 1. The number of nitrogens with zero attached hydrogens (tertiary/aromatic N) is 1. The van der Waals surface area contributed by atoms with Gasteiger partial charge in [0.05, 0.1) is 26.3 Å². The van der Waals surface area contributed by atoms with E-state index in [-0.39, 0.29) is 6.42 Å². The summed E-state index contributed by atoms with van der Waals surface area (Å²) >= 11 is 0. The Balaban J connectivity index is 2.25. The Bertz CT molecular complexity index is 565. The number of hydroxylamine groups is 2. The van der Waals surface area contributed by atoms with Gasteiger partial charge in [0.1, 0.15) is 11.9 Å². The lowest BCUT2D eigenvalue weighted by atomic mass is 10.1. The van der Waals surface area contributed by atoms with Crippen LogP contribution >= 0.6 is 0 Å². The van der Waals surface area contributed by atoms with Crippen LogP contribution in [0, 0.1) is 0 Å². The molecule has 0 radical (unpaired) electrons. The maximum Gasteiger partial charge on any atom is 0.436 e. The second kappa shape index (κ2) is 6.27. The van der Waals surface area contributed by atoms with Crippen LogP contribution in [0.15, 0.2) is 30.3 Å². The van der Waals surface area contributed by atoms with E-state index in [0.29, 0.717) is 17.0 Å². The molecule has 1 unspecified atom stereocenters. The van der Waals surface area contributed by atoms with Crippen LogP contribution in [0.25, 0.3) is 5.70 Å². The Hall–Kier alpha value is -2.54. The number of methoxy groups -OCH3 is 2. The highest BCUT2D eigenvalue weighted by Crippen LogP contribution is 2.30. The monoisotopic (exact) mass is 293 g/mol. The van der Waals surface area contributed by atoms with Gasteiger partial charge in [0.25, 0.3) is 0 Å². The van der Waals surface area contributed by atoms with E-state index in [1.54, 1.807) is 37.5 Å². The van der Waals surface area contributed by atoms with Gasteiger partial charge in [0.15, 0.2) is 0 Å². The van der Waals surface area contributed by atoms with Crippen LogP contribution in [-0.2, 0) is 14.4 Å². The number of carboxylic acid groups (broad SMARTS) is 1. The van der Waals surface area contributed by atoms with Gasteiger partial charge in [0.2, 0.25) is 0 Å². The van der Waals surface area contributed by atoms with E-state index in [1.165, 1.54) is 7.11 Å². The summed E-state index contributed by atoms with van der Waals surface area (Å²) in [6, 6.07) is 6.85. The number of carbonyl (C=O) groups excluding carboxylic acids is 1. The van der Waals surface area contributed by atoms with Crippen LogP contribution in [0.1, 0.15) is 12.0 Å². The molecule has 1 aliphatic rings. The van der Waals surface area contributed by atoms with Gasteiger partial charge < -0.3 is 14.6 Å². The van der Waals surface area contributed by atoms with Crippen molar-refractivity contribution in [2.75, 3.05) is 14.2 Å². The van der Waals surface area contributed by atoms with Crippen LogP contribution in [0.5, 0.6) is 5.75 Å². The number of rotatable bonds is 4. The first-order valence-corrected chi connectivity index (χ1v) is 6.18. The van der Waals surface area contributed by atoms with Gasteiger partial charge >= 0.3 is 12.1 Å². The summed E-state index contributed by atoms with van der Waals surface area (Å²) in [5, 5.41) is 9.92. The molecule has 21 heavy (non-hydrogen) atoms. The number of ether oxygens (including phenoxy) is 2. The molecule has 1 atom stereocenters. The molecule has 0 saturated heterocycles. The molecular weight excluding hydrogens is 278 g/mol. The molecule has 1 aromatic rings. The molecule has 0 spiro atoms. The fraction of sp³-hybridized carbons (Fsp3) is 0.286. The summed E-state index contributed by atoms with van der Waals surface area (Å²) in [5.74, 6) is 0.184. The largest absolute Gasteiger partial charge is 0.497 e. The topological polar surface area (TPSA) is 85.3 Å². The van der Waals surface area contributed by atoms with E-state index in [4.69, 9.17) is 9.57 Å². The van der Waals surface area contributed by atoms with Gasteiger partial charge in [-0.2, -0.15) is 5.06 Å². The molecule has 7 heteroatoms. The lowest BCUT2D eigenvalue weighted by molar-refractivity contribution is -0.149. The van der Waals surface area contributed by atoms with Crippen molar-refractivity contribution in [3.05, 3.63) is 35.9 Å². The highest BCUT2D eigenvalue weighted by Gasteiger charge is 2.32. The third-order valence-corrected chi connectivity index (χ3v) is 2.96. The van der Waals surface area contributed by atoms with Crippen LogP contribution in [-0.4, -0.2) is 42.6 Å². The minimum absolute atomic E-state index is 0.0556. The van der Waals surface area contributed by atoms with E-state index in [1.807, 2.05) is 0 Å². The predicted molar refractivity (Wildman–Crippen MR) is 72.3 cm³/mol. The average molecular weight is 293 g/mol. The summed E-state index contributed by atoms with van der Waals surface area (Å²) in [6.07, 6.45) is -0.414. The zero-order chi connectivity index (χ0) is 15.4. The molecule has 1 aromatic carbocycles. The van der Waals surface area contributed by atoms with Crippen LogP contribution in [0.3, 0.4) is 0 Å². The fourth-order valence-corrected chi connectivity index (χ4v) is 1.93. The molecule has 112 valence electrons. The minimum atomic E-state index is -1.26. The Morgan fingerprint density at radius 2 is 1.95 bits per heavy atom. The van der Waals surface area contributed by atoms with Gasteiger partial charge in [-0.25, -0.2) is 4.79 Å². The van der Waals surface area contributed by atoms with Crippen molar-refractivity contribution in [2.45, 2.75) is 12.5 Å². The normalized spacial score (nSPS) is 17.3. The van der Waals surface area contributed by atoms with Gasteiger partial charge in [-0.15, -0.1) is 0 Å². The Morgan fingerprint density at radius 3 is 2.48 bits per heavy atom. The molecule has 0 aliphatic carbocycles. The van der Waals surface area contributed by atoms with Crippen molar-refractivity contribution in [1.82, 2.24) is 5.06 Å². The highest BCUT2D eigenvalue weighted by atomic mass is 16.7. The quantitative estimate of drug-likeness (QED) is 0.853. The summed E-state index contributed by atoms with van der Waals surface area (Å²) in [7, 11) is 2.81. The second-order valence-electron chi connectivity index (χ2n) is 4.28. The molecule has 0 saturated carbocycles. The van der Waals surface area contributed by atoms with Crippen molar-refractivity contribution >= 4 is 17.8 Å². The Kier molecular flexibility index (Phi) is 4.44. The second-order valence-corrected chi connectivity index (χ2v) is 4.28. The molecule has 2 rings (SSSR count). The fourth-order valence-electron chi connectivity index (χ4n) is 1.93. The summed E-state index contributed by atoms with van der Waals surface area (Å²) in [5.41, 5.74) is 1.00. The van der Waals surface area contributed by atoms with E-state index >= 15 is 0 Å². The van der Waals surface area contributed by atoms with Crippen LogP contribution < -0.4 is 4.74 Å². The molecule has 0 fully saturated rings. The lowest BCUT2D eigenvalue weighted by Gasteiger charge is -2.16. The van der Waals surface area contributed by atoms with Crippen molar-refractivity contribution < 1.29 is 29.0 Å². The molecule has 1 aliphatic heterocycles. The number of amides is 1. The minimum Gasteiger partial charge on any atom is -0.497 e. The van der Waals surface area contributed by atoms with E-state index in [2.05, 4.69) is 4.74 Å². The van der Waals surface area contributed by atoms with Gasteiger partial charge in [-0.05, 0) is 30.3 Å². The number of hydrogen-bond donors (Lipinski definition) is 1. The third kappa shape index (κ3) is 3.32. The van der Waals surface area contributed by atoms with Gasteiger partial charge in [0, 0.05) is 5.56 Å². The van der Waals surface area contributed by atoms with Crippen molar-refractivity contribution in [1.29, 1.82) is 0 Å². The Labute approximate surface area is 121 Å². The molecule has 7 nitrogen and oxygen atoms in total. The predicted octanol–water partition coefficient (Wildman–Crippen LogP) is 1.89. The maximum atomic E-state index is 11.3. The highest BCUT2D eigenvalue weighted by molar-refractivity contribution is 5.81. The first kappa shape index (κ1) is 14.9. The van der Waals surface area contributed by atoms with Crippen molar-refractivity contribution in [3.63, 3.8) is 0 Å². The van der Waals surface area contributed by atoms with E-state index in [9.17, 15) is 14.7 Å². The molecule has 1 amide bonds. The summed E-state index contributed by atoms with van der Waals surface area (Å²) < 4.78 is 9.60. The molecule has 0 bridgehead atoms. The zero-order valence-electron chi connectivity index (χ0n) is 11.6. The van der Waals surface area contributed by atoms with E-state index < -0.39 is 18.2 Å². The standard InChI is InChI=1S/C14H15NO6/c1-19-10-5-3-9(4-6-10)12-7-11(8-13(16)20-2)21-15(12)14(17)18/h3-7,11H,8H2,1-2H3,(H,17,18). The molecule has 1 heterocycles. The Morgan fingerprint density at radius 1 is 1.29 bits per heavy atom. The first-order valence-electron chi connectivity index (χ1n) is 6.18. The van der Waals surface area contributed by atoms with Crippen molar-refractivity contribution in [2.24, 2.45) is 0 Å². The summed E-state index contributed by atoms with van der Waals surface area (Å²) in [4.78, 5) is 27.7. The molecule has 0 aromatic heterocycles.